The lowest BCUT2D eigenvalue weighted by atomic mass is 10.0. The van der Waals surface area contributed by atoms with Crippen LogP contribution in [0.3, 0.4) is 0 Å². The zero-order valence-electron chi connectivity index (χ0n) is 11.2. The van der Waals surface area contributed by atoms with Crippen LogP contribution >= 0.6 is 15.9 Å². The highest BCUT2D eigenvalue weighted by molar-refractivity contribution is 9.10. The molecule has 0 aliphatic heterocycles. The number of carboxylic acids is 1. The number of carbonyl (C=O) groups excluding carboxylic acids is 1. The van der Waals surface area contributed by atoms with Crippen molar-refractivity contribution in [3.8, 4) is 0 Å². The van der Waals surface area contributed by atoms with Crippen LogP contribution in [0.15, 0.2) is 22.8 Å². The molecule has 0 aromatic carbocycles. The molecule has 0 unspecified atom stereocenters. The molecule has 0 spiro atoms. The quantitative estimate of drug-likeness (QED) is 0.922. The number of nitrogens with zero attached hydrogens (tertiary/aromatic N) is 2. The Balaban J connectivity index is 2.94. The summed E-state index contributed by atoms with van der Waals surface area (Å²) in [5.74, 6) is -1.19. The summed E-state index contributed by atoms with van der Waals surface area (Å²) in [6.07, 6.45) is 1.46. The van der Waals surface area contributed by atoms with Gasteiger partial charge in [-0.1, -0.05) is 0 Å². The lowest BCUT2D eigenvalue weighted by molar-refractivity contribution is -0.137. The summed E-state index contributed by atoms with van der Waals surface area (Å²) >= 11 is 3.26. The Bertz CT molecular complexity index is 466. The molecule has 1 aromatic rings. The van der Waals surface area contributed by atoms with Gasteiger partial charge in [0.1, 0.15) is 5.69 Å². The second kappa shape index (κ2) is 6.14. The van der Waals surface area contributed by atoms with E-state index in [1.807, 2.05) is 20.8 Å². The fraction of sp³-hybridized carbons (Fsp3) is 0.462. The number of pyridine rings is 1. The third-order valence-corrected chi connectivity index (χ3v) is 3.02. The molecule has 0 aliphatic rings. The molecule has 1 amide bonds. The third-order valence-electron chi connectivity index (χ3n) is 2.55. The number of hydrogen-bond acceptors (Lipinski definition) is 3. The number of amides is 1. The lowest BCUT2D eigenvalue weighted by Crippen LogP contribution is -2.46. The van der Waals surface area contributed by atoms with E-state index in [0.717, 1.165) is 4.47 Å². The van der Waals surface area contributed by atoms with E-state index in [2.05, 4.69) is 20.9 Å². The predicted molar refractivity (Wildman–Crippen MR) is 75.0 cm³/mol. The number of halogens is 1. The maximum absolute atomic E-state index is 12.4. The standard InChI is InChI=1S/C13H17BrN2O3/c1-13(2,3)16(7-6-11(17)18)12(19)10-5-4-9(14)8-15-10/h4-5,8H,6-7H2,1-3H3,(H,17,18). The van der Waals surface area contributed by atoms with Gasteiger partial charge in [-0.15, -0.1) is 0 Å². The number of carboxylic acid groups (broad SMARTS) is 1. The van der Waals surface area contributed by atoms with Crippen LogP contribution < -0.4 is 0 Å². The van der Waals surface area contributed by atoms with Gasteiger partial charge in [0.15, 0.2) is 0 Å². The predicted octanol–water partition coefficient (Wildman–Crippen LogP) is 2.56. The van der Waals surface area contributed by atoms with Crippen molar-refractivity contribution in [1.29, 1.82) is 0 Å². The summed E-state index contributed by atoms with van der Waals surface area (Å²) in [6.45, 7) is 5.76. The fourth-order valence-electron chi connectivity index (χ4n) is 1.59. The van der Waals surface area contributed by atoms with E-state index in [-0.39, 0.29) is 18.9 Å². The van der Waals surface area contributed by atoms with Gasteiger partial charge in [0.05, 0.1) is 6.42 Å². The average Bonchev–Trinajstić information content (AvgIpc) is 2.27. The van der Waals surface area contributed by atoms with Crippen LogP contribution in [0, 0.1) is 0 Å². The van der Waals surface area contributed by atoms with Crippen LogP contribution in [0.25, 0.3) is 0 Å². The molecule has 1 N–H and O–H groups in total. The topological polar surface area (TPSA) is 70.5 Å². The maximum Gasteiger partial charge on any atom is 0.305 e. The number of aromatic nitrogens is 1. The summed E-state index contributed by atoms with van der Waals surface area (Å²) in [7, 11) is 0. The second-order valence-electron chi connectivity index (χ2n) is 5.13. The summed E-state index contributed by atoms with van der Waals surface area (Å²) in [5, 5.41) is 8.76. The van der Waals surface area contributed by atoms with Crippen molar-refractivity contribution >= 4 is 27.8 Å². The molecule has 0 fully saturated rings. The first-order chi connectivity index (χ1) is 8.71. The van der Waals surface area contributed by atoms with Gasteiger partial charge in [-0.25, -0.2) is 4.98 Å². The van der Waals surface area contributed by atoms with E-state index in [1.54, 1.807) is 18.3 Å². The Morgan fingerprint density at radius 2 is 2.00 bits per heavy atom. The molecule has 6 heteroatoms. The molecule has 0 aliphatic carbocycles. The lowest BCUT2D eigenvalue weighted by Gasteiger charge is -2.35. The van der Waals surface area contributed by atoms with E-state index < -0.39 is 11.5 Å². The van der Waals surface area contributed by atoms with Gasteiger partial charge in [-0.05, 0) is 48.8 Å². The van der Waals surface area contributed by atoms with Crippen molar-refractivity contribution in [3.63, 3.8) is 0 Å². The first-order valence-electron chi connectivity index (χ1n) is 5.87. The van der Waals surface area contributed by atoms with E-state index in [4.69, 9.17) is 5.11 Å². The second-order valence-corrected chi connectivity index (χ2v) is 6.05. The molecule has 19 heavy (non-hydrogen) atoms. The molecule has 0 atom stereocenters. The minimum absolute atomic E-state index is 0.0838. The molecule has 1 aromatic heterocycles. The summed E-state index contributed by atoms with van der Waals surface area (Å²) in [4.78, 5) is 28.6. The van der Waals surface area contributed by atoms with Crippen LogP contribution in [-0.2, 0) is 4.79 Å². The van der Waals surface area contributed by atoms with Gasteiger partial charge >= 0.3 is 5.97 Å². The van der Waals surface area contributed by atoms with Crippen LogP contribution in [0.4, 0.5) is 0 Å². The van der Waals surface area contributed by atoms with Crippen molar-refractivity contribution in [2.75, 3.05) is 6.54 Å². The number of rotatable bonds is 4. The van der Waals surface area contributed by atoms with Crippen molar-refractivity contribution in [3.05, 3.63) is 28.5 Å². The van der Waals surface area contributed by atoms with Crippen LogP contribution in [0.2, 0.25) is 0 Å². The van der Waals surface area contributed by atoms with Crippen LogP contribution in [0.5, 0.6) is 0 Å². The molecule has 0 bridgehead atoms. The van der Waals surface area contributed by atoms with E-state index >= 15 is 0 Å². The molecule has 5 nitrogen and oxygen atoms in total. The molecule has 0 saturated carbocycles. The smallest absolute Gasteiger partial charge is 0.305 e. The molecule has 1 rings (SSSR count). The summed E-state index contributed by atoms with van der Waals surface area (Å²) in [6, 6.07) is 3.35. The first kappa shape index (κ1) is 15.6. The maximum atomic E-state index is 12.4. The minimum atomic E-state index is -0.925. The van der Waals surface area contributed by atoms with Crippen molar-refractivity contribution in [2.45, 2.75) is 32.7 Å². The molecule has 104 valence electrons. The largest absolute Gasteiger partial charge is 0.481 e. The van der Waals surface area contributed by atoms with Gasteiger partial charge in [-0.3, -0.25) is 9.59 Å². The highest BCUT2D eigenvalue weighted by Gasteiger charge is 2.28. The number of aliphatic carboxylic acids is 1. The fourth-order valence-corrected chi connectivity index (χ4v) is 1.82. The third kappa shape index (κ3) is 4.63. The Kier molecular flexibility index (Phi) is 5.05. The molecule has 0 radical (unpaired) electrons. The highest BCUT2D eigenvalue weighted by Crippen LogP contribution is 2.18. The Labute approximate surface area is 120 Å². The zero-order valence-corrected chi connectivity index (χ0v) is 12.8. The normalized spacial score (nSPS) is 11.2. The summed E-state index contributed by atoms with van der Waals surface area (Å²) in [5.41, 5.74) is -0.148. The Morgan fingerprint density at radius 1 is 1.37 bits per heavy atom. The van der Waals surface area contributed by atoms with Crippen molar-refractivity contribution in [2.24, 2.45) is 0 Å². The molecule has 0 saturated heterocycles. The zero-order chi connectivity index (χ0) is 14.6. The van der Waals surface area contributed by atoms with Gasteiger partial charge in [0.25, 0.3) is 5.91 Å². The Morgan fingerprint density at radius 3 is 2.42 bits per heavy atom. The van der Waals surface area contributed by atoms with Crippen LogP contribution in [-0.4, -0.2) is 39.0 Å². The molecular formula is C13H17BrN2O3. The monoisotopic (exact) mass is 328 g/mol. The molecular weight excluding hydrogens is 312 g/mol. The summed E-state index contributed by atoms with van der Waals surface area (Å²) < 4.78 is 0.789. The van der Waals surface area contributed by atoms with Gasteiger partial charge in [-0.2, -0.15) is 0 Å². The Hall–Kier alpha value is -1.43. The first-order valence-corrected chi connectivity index (χ1v) is 6.66. The van der Waals surface area contributed by atoms with E-state index in [1.165, 1.54) is 4.90 Å². The van der Waals surface area contributed by atoms with Gasteiger partial charge in [0, 0.05) is 22.8 Å². The average molecular weight is 329 g/mol. The van der Waals surface area contributed by atoms with Crippen molar-refractivity contribution in [1.82, 2.24) is 9.88 Å². The number of carbonyl (C=O) groups is 2. The number of hydrogen-bond donors (Lipinski definition) is 1. The van der Waals surface area contributed by atoms with Gasteiger partial charge < -0.3 is 10.0 Å². The van der Waals surface area contributed by atoms with Gasteiger partial charge in [0.2, 0.25) is 0 Å². The SMILES string of the molecule is CC(C)(C)N(CCC(=O)O)C(=O)c1ccc(Br)cn1. The highest BCUT2D eigenvalue weighted by atomic mass is 79.9. The van der Waals surface area contributed by atoms with E-state index in [0.29, 0.717) is 5.69 Å². The minimum Gasteiger partial charge on any atom is -0.481 e. The van der Waals surface area contributed by atoms with Crippen molar-refractivity contribution < 1.29 is 14.7 Å². The van der Waals surface area contributed by atoms with E-state index in [9.17, 15) is 9.59 Å². The molecule has 1 heterocycles. The van der Waals surface area contributed by atoms with Crippen LogP contribution in [0.1, 0.15) is 37.7 Å².